The van der Waals surface area contributed by atoms with Crippen LogP contribution in [0.4, 0.5) is 4.39 Å². The summed E-state index contributed by atoms with van der Waals surface area (Å²) in [6.07, 6.45) is 0. The highest BCUT2D eigenvalue weighted by Crippen LogP contribution is 2.27. The van der Waals surface area contributed by atoms with E-state index in [4.69, 9.17) is 23.2 Å². The van der Waals surface area contributed by atoms with E-state index in [0.29, 0.717) is 26.9 Å². The number of nitrogens with one attached hydrogen (secondary N) is 1. The topological polar surface area (TPSA) is 49.4 Å². The minimum absolute atomic E-state index is 0.0950. The van der Waals surface area contributed by atoms with Crippen LogP contribution < -0.4 is 5.32 Å². The second-order valence-electron chi connectivity index (χ2n) is 6.10. The predicted molar refractivity (Wildman–Crippen MR) is 113 cm³/mol. The fourth-order valence-corrected chi connectivity index (χ4v) is 4.01. The molecule has 1 atom stereocenters. The minimum atomic E-state index is -0.709. The average Bonchev–Trinajstić information content (AvgIpc) is 2.68. The molecule has 0 heterocycles. The van der Waals surface area contributed by atoms with Gasteiger partial charge in [0.1, 0.15) is 11.9 Å². The highest BCUT2D eigenvalue weighted by atomic mass is 35.5. The van der Waals surface area contributed by atoms with Crippen molar-refractivity contribution >= 4 is 46.8 Å². The molecule has 0 saturated carbocycles. The van der Waals surface area contributed by atoms with Crippen molar-refractivity contribution in [1.82, 2.24) is 10.2 Å². The summed E-state index contributed by atoms with van der Waals surface area (Å²) in [6.45, 7) is 1.75. The standard InChI is InChI=1S/C20H21Cl2FN2O2S/c1-13(20(27)24-2)25(10-15-16(21)7-5-8-17(15)22)19(26)12-28-11-14-6-3-4-9-18(14)23/h3-9,13H,10-12H2,1-2H3,(H,24,27)/t13-/m0/s1. The molecule has 0 fully saturated rings. The first-order valence-corrected chi connectivity index (χ1v) is 10.5. The van der Waals surface area contributed by atoms with Crippen LogP contribution in [0.3, 0.4) is 0 Å². The first-order valence-electron chi connectivity index (χ1n) is 8.60. The zero-order valence-corrected chi connectivity index (χ0v) is 17.9. The second kappa shape index (κ2) is 10.7. The molecular weight excluding hydrogens is 422 g/mol. The van der Waals surface area contributed by atoms with Crippen LogP contribution in [0.2, 0.25) is 10.0 Å². The van der Waals surface area contributed by atoms with Crippen LogP contribution in [-0.2, 0) is 21.9 Å². The van der Waals surface area contributed by atoms with Crippen LogP contribution in [0.15, 0.2) is 42.5 Å². The van der Waals surface area contributed by atoms with Crippen molar-refractivity contribution in [3.8, 4) is 0 Å². The van der Waals surface area contributed by atoms with Gasteiger partial charge in [-0.3, -0.25) is 9.59 Å². The van der Waals surface area contributed by atoms with E-state index in [9.17, 15) is 14.0 Å². The summed E-state index contributed by atoms with van der Waals surface area (Å²) in [7, 11) is 1.51. The first kappa shape index (κ1) is 22.5. The van der Waals surface area contributed by atoms with E-state index in [1.165, 1.54) is 29.8 Å². The number of hydrogen-bond acceptors (Lipinski definition) is 3. The molecule has 2 rings (SSSR count). The molecule has 2 amide bonds. The molecule has 2 aromatic rings. The predicted octanol–water partition coefficient (Wildman–Crippen LogP) is 4.53. The molecule has 0 aliphatic heterocycles. The number of carbonyl (C=O) groups excluding carboxylic acids is 2. The number of thioether (sulfide) groups is 1. The normalized spacial score (nSPS) is 11.8. The van der Waals surface area contributed by atoms with Crippen molar-refractivity contribution in [1.29, 1.82) is 0 Å². The Bertz CT molecular complexity index is 830. The fourth-order valence-electron chi connectivity index (χ4n) is 2.59. The van der Waals surface area contributed by atoms with Gasteiger partial charge in [0, 0.05) is 35.0 Å². The van der Waals surface area contributed by atoms with Gasteiger partial charge < -0.3 is 10.2 Å². The van der Waals surface area contributed by atoms with Gasteiger partial charge >= 0.3 is 0 Å². The van der Waals surface area contributed by atoms with Crippen molar-refractivity contribution in [3.63, 3.8) is 0 Å². The van der Waals surface area contributed by atoms with E-state index in [0.717, 1.165) is 0 Å². The number of carbonyl (C=O) groups is 2. The number of likely N-dealkylation sites (N-methyl/N-ethyl adjacent to an activating group) is 1. The molecule has 0 aliphatic rings. The van der Waals surface area contributed by atoms with Crippen molar-refractivity contribution in [2.45, 2.75) is 25.3 Å². The van der Waals surface area contributed by atoms with E-state index >= 15 is 0 Å². The molecule has 0 aromatic heterocycles. The number of rotatable bonds is 8. The maximum atomic E-state index is 13.7. The van der Waals surface area contributed by atoms with Crippen LogP contribution in [0, 0.1) is 5.82 Å². The summed E-state index contributed by atoms with van der Waals surface area (Å²) in [5.74, 6) is -0.407. The van der Waals surface area contributed by atoms with E-state index in [1.807, 2.05) is 0 Å². The summed E-state index contributed by atoms with van der Waals surface area (Å²) < 4.78 is 13.7. The highest BCUT2D eigenvalue weighted by Gasteiger charge is 2.26. The largest absolute Gasteiger partial charge is 0.357 e. The number of halogens is 3. The van der Waals surface area contributed by atoms with Gasteiger partial charge in [0.2, 0.25) is 11.8 Å². The molecule has 0 spiro atoms. The first-order chi connectivity index (χ1) is 13.3. The molecule has 0 radical (unpaired) electrons. The van der Waals surface area contributed by atoms with Gasteiger partial charge in [-0.1, -0.05) is 47.5 Å². The third-order valence-corrected chi connectivity index (χ3v) is 5.92. The quantitative estimate of drug-likeness (QED) is 0.653. The Labute approximate surface area is 178 Å². The van der Waals surface area contributed by atoms with Gasteiger partial charge in [0.05, 0.1) is 5.75 Å². The minimum Gasteiger partial charge on any atom is -0.357 e. The molecule has 28 heavy (non-hydrogen) atoms. The van der Waals surface area contributed by atoms with Gasteiger partial charge in [-0.05, 0) is 30.7 Å². The zero-order chi connectivity index (χ0) is 20.7. The maximum absolute atomic E-state index is 13.7. The molecule has 0 aliphatic carbocycles. The van der Waals surface area contributed by atoms with Crippen molar-refractivity contribution in [3.05, 3.63) is 69.5 Å². The third-order valence-electron chi connectivity index (χ3n) is 4.24. The lowest BCUT2D eigenvalue weighted by atomic mass is 10.1. The second-order valence-corrected chi connectivity index (χ2v) is 7.90. The van der Waals surface area contributed by atoms with Crippen molar-refractivity contribution in [2.24, 2.45) is 0 Å². The monoisotopic (exact) mass is 442 g/mol. The van der Waals surface area contributed by atoms with Gasteiger partial charge in [0.15, 0.2) is 0 Å². The highest BCUT2D eigenvalue weighted by molar-refractivity contribution is 7.99. The van der Waals surface area contributed by atoms with Crippen LogP contribution in [-0.4, -0.2) is 35.6 Å². The van der Waals surface area contributed by atoms with Crippen LogP contribution >= 0.6 is 35.0 Å². The van der Waals surface area contributed by atoms with Gasteiger partial charge in [-0.2, -0.15) is 0 Å². The Kier molecular flexibility index (Phi) is 8.60. The Balaban J connectivity index is 2.13. The Morgan fingerprint density at radius 3 is 2.39 bits per heavy atom. The third kappa shape index (κ3) is 5.87. The lowest BCUT2D eigenvalue weighted by molar-refractivity contribution is -0.138. The van der Waals surface area contributed by atoms with Gasteiger partial charge in [-0.15, -0.1) is 11.8 Å². The fraction of sp³-hybridized carbons (Fsp3) is 0.300. The number of nitrogens with zero attached hydrogens (tertiary/aromatic N) is 1. The molecular formula is C20H21Cl2FN2O2S. The molecule has 0 unspecified atom stereocenters. The average molecular weight is 443 g/mol. The SMILES string of the molecule is CNC(=O)[C@H](C)N(Cc1c(Cl)cccc1Cl)C(=O)CSCc1ccccc1F. The van der Waals surface area contributed by atoms with E-state index in [-0.39, 0.29) is 29.9 Å². The molecule has 1 N–H and O–H groups in total. The zero-order valence-electron chi connectivity index (χ0n) is 15.5. The van der Waals surface area contributed by atoms with Crippen molar-refractivity contribution < 1.29 is 14.0 Å². The smallest absolute Gasteiger partial charge is 0.242 e. The number of amides is 2. The molecule has 0 bridgehead atoms. The number of hydrogen-bond donors (Lipinski definition) is 1. The summed E-state index contributed by atoms with van der Waals surface area (Å²) in [5, 5.41) is 3.40. The summed E-state index contributed by atoms with van der Waals surface area (Å²) in [6, 6.07) is 10.8. The molecule has 150 valence electrons. The summed E-state index contributed by atoms with van der Waals surface area (Å²) in [4.78, 5) is 26.4. The van der Waals surface area contributed by atoms with E-state index in [2.05, 4.69) is 5.32 Å². The molecule has 4 nitrogen and oxygen atoms in total. The van der Waals surface area contributed by atoms with Gasteiger partial charge in [-0.25, -0.2) is 4.39 Å². The molecule has 2 aromatic carbocycles. The van der Waals surface area contributed by atoms with Crippen LogP contribution in [0.25, 0.3) is 0 Å². The molecule has 8 heteroatoms. The Morgan fingerprint density at radius 1 is 1.14 bits per heavy atom. The summed E-state index contributed by atoms with van der Waals surface area (Å²) >= 11 is 13.7. The van der Waals surface area contributed by atoms with Crippen LogP contribution in [0.5, 0.6) is 0 Å². The van der Waals surface area contributed by atoms with E-state index in [1.54, 1.807) is 43.3 Å². The molecule has 0 saturated heterocycles. The van der Waals surface area contributed by atoms with Crippen molar-refractivity contribution in [2.75, 3.05) is 12.8 Å². The Hall–Kier alpha value is -1.76. The van der Waals surface area contributed by atoms with Gasteiger partial charge in [0.25, 0.3) is 0 Å². The lowest BCUT2D eigenvalue weighted by Crippen LogP contribution is -2.47. The lowest BCUT2D eigenvalue weighted by Gasteiger charge is -2.29. The Morgan fingerprint density at radius 2 is 1.79 bits per heavy atom. The maximum Gasteiger partial charge on any atom is 0.242 e. The summed E-state index contributed by atoms with van der Waals surface area (Å²) in [5.41, 5.74) is 1.11. The van der Waals surface area contributed by atoms with E-state index < -0.39 is 6.04 Å². The van der Waals surface area contributed by atoms with Crippen LogP contribution in [0.1, 0.15) is 18.1 Å². The number of benzene rings is 2.